The Balaban J connectivity index is 1.71. The van der Waals surface area contributed by atoms with Gasteiger partial charge < -0.3 is 15.0 Å². The molecule has 0 unspecified atom stereocenters. The van der Waals surface area contributed by atoms with E-state index < -0.39 is 0 Å². The minimum Gasteiger partial charge on any atom is -0.492 e. The molecule has 1 N–H and O–H groups in total. The molecule has 1 aliphatic rings. The van der Waals surface area contributed by atoms with Crippen LogP contribution in [0.2, 0.25) is 0 Å². The Labute approximate surface area is 171 Å². The van der Waals surface area contributed by atoms with Gasteiger partial charge >= 0.3 is 0 Å². The maximum absolute atomic E-state index is 12.5. The number of likely N-dealkylation sites (N-methyl/N-ethyl adjacent to an activating group) is 1. The lowest BCUT2D eigenvalue weighted by atomic mass is 9.97. The first-order chi connectivity index (χ1) is 14.2. The van der Waals surface area contributed by atoms with Crippen LogP contribution in [0, 0.1) is 0 Å². The van der Waals surface area contributed by atoms with E-state index in [-0.39, 0.29) is 5.91 Å². The van der Waals surface area contributed by atoms with Gasteiger partial charge in [0.25, 0.3) is 5.91 Å². The van der Waals surface area contributed by atoms with Gasteiger partial charge in [0, 0.05) is 44.0 Å². The monoisotopic (exact) mass is 387 g/mol. The van der Waals surface area contributed by atoms with Crippen LogP contribution in [-0.4, -0.2) is 49.1 Å². The third kappa shape index (κ3) is 4.81. The molecule has 0 radical (unpaired) electrons. The van der Waals surface area contributed by atoms with Crippen LogP contribution < -0.4 is 10.1 Å². The molecule has 1 amide bonds. The fourth-order valence-corrected chi connectivity index (χ4v) is 3.51. The van der Waals surface area contributed by atoms with E-state index in [0.717, 1.165) is 41.1 Å². The normalized spacial score (nSPS) is 15.6. The number of rotatable bonds is 1. The number of nitrogens with one attached hydrogen (secondary N) is 1. The van der Waals surface area contributed by atoms with Gasteiger partial charge in [0.05, 0.1) is 0 Å². The summed E-state index contributed by atoms with van der Waals surface area (Å²) in [6.45, 7) is 2.80. The smallest absolute Gasteiger partial charge is 0.251 e. The van der Waals surface area contributed by atoms with Gasteiger partial charge in [-0.05, 0) is 65.7 Å². The molecular formula is C24H25N3O2. The summed E-state index contributed by atoms with van der Waals surface area (Å²) in [4.78, 5) is 18.7. The molecule has 0 atom stereocenters. The second-order valence-corrected chi connectivity index (χ2v) is 7.34. The van der Waals surface area contributed by atoms with Crippen LogP contribution >= 0.6 is 0 Å². The minimum atomic E-state index is -0.0284. The number of ether oxygens (including phenoxy) is 1. The molecule has 5 nitrogen and oxygen atoms in total. The molecule has 1 aliphatic heterocycles. The van der Waals surface area contributed by atoms with Crippen LogP contribution in [0.5, 0.6) is 5.75 Å². The summed E-state index contributed by atoms with van der Waals surface area (Å²) in [6, 6.07) is 18.1. The molecule has 2 bridgehead atoms. The van der Waals surface area contributed by atoms with Gasteiger partial charge in [0.2, 0.25) is 0 Å². The van der Waals surface area contributed by atoms with Crippen molar-refractivity contribution in [2.45, 2.75) is 6.42 Å². The van der Waals surface area contributed by atoms with Crippen LogP contribution in [0.3, 0.4) is 0 Å². The Morgan fingerprint density at radius 1 is 0.966 bits per heavy atom. The second-order valence-electron chi connectivity index (χ2n) is 7.34. The number of carbonyl (C=O) groups excluding carboxylic acids is 1. The van der Waals surface area contributed by atoms with E-state index in [0.29, 0.717) is 25.1 Å². The Morgan fingerprint density at radius 2 is 1.83 bits per heavy atom. The number of pyridine rings is 1. The van der Waals surface area contributed by atoms with Crippen LogP contribution in [0.15, 0.2) is 67.0 Å². The summed E-state index contributed by atoms with van der Waals surface area (Å²) in [7, 11) is 2.04. The van der Waals surface area contributed by atoms with Gasteiger partial charge in [-0.3, -0.25) is 9.78 Å². The first-order valence-electron chi connectivity index (χ1n) is 9.91. The highest BCUT2D eigenvalue weighted by atomic mass is 16.5. The van der Waals surface area contributed by atoms with E-state index >= 15 is 0 Å². The molecular weight excluding hydrogens is 362 g/mol. The lowest BCUT2D eigenvalue weighted by molar-refractivity contribution is 0.0949. The van der Waals surface area contributed by atoms with Crippen LogP contribution in [0.4, 0.5) is 0 Å². The number of amides is 1. The number of hydrogen-bond donors (Lipinski definition) is 1. The summed E-state index contributed by atoms with van der Waals surface area (Å²) < 4.78 is 6.15. The topological polar surface area (TPSA) is 54.5 Å². The number of benzene rings is 2. The first-order valence-corrected chi connectivity index (χ1v) is 9.91. The molecule has 0 saturated heterocycles. The van der Waals surface area contributed by atoms with Crippen molar-refractivity contribution in [2.75, 3.05) is 33.3 Å². The Morgan fingerprint density at radius 3 is 2.69 bits per heavy atom. The van der Waals surface area contributed by atoms with Crippen molar-refractivity contribution in [3.8, 4) is 16.9 Å². The van der Waals surface area contributed by atoms with Crippen molar-refractivity contribution in [1.29, 1.82) is 0 Å². The fourth-order valence-electron chi connectivity index (χ4n) is 3.51. The molecule has 4 rings (SSSR count). The zero-order valence-electron chi connectivity index (χ0n) is 16.6. The van der Waals surface area contributed by atoms with Crippen LogP contribution in [-0.2, 0) is 6.42 Å². The number of nitrogens with zero attached hydrogens (tertiary/aromatic N) is 2. The van der Waals surface area contributed by atoms with Crippen molar-refractivity contribution < 1.29 is 9.53 Å². The highest BCUT2D eigenvalue weighted by molar-refractivity contribution is 5.94. The van der Waals surface area contributed by atoms with Gasteiger partial charge in [-0.15, -0.1) is 0 Å². The average Bonchev–Trinajstić information content (AvgIpc) is 2.75. The van der Waals surface area contributed by atoms with E-state index in [2.05, 4.69) is 33.4 Å². The highest BCUT2D eigenvalue weighted by Gasteiger charge is 2.12. The Bertz CT molecular complexity index is 988. The zero-order valence-corrected chi connectivity index (χ0v) is 16.6. The van der Waals surface area contributed by atoms with Crippen molar-refractivity contribution in [2.24, 2.45) is 0 Å². The lowest BCUT2D eigenvalue weighted by Crippen LogP contribution is -2.35. The van der Waals surface area contributed by atoms with Gasteiger partial charge in [0.15, 0.2) is 0 Å². The summed E-state index contributed by atoms with van der Waals surface area (Å²) in [5.74, 6) is 0.863. The SMILES string of the molecule is CN1CCNC(=O)c2cccc(c2)Cc2cc(-c3ccncc3)ccc2OCC1. The van der Waals surface area contributed by atoms with Crippen LogP contribution in [0.1, 0.15) is 21.5 Å². The van der Waals surface area contributed by atoms with Crippen molar-refractivity contribution >= 4 is 5.91 Å². The van der Waals surface area contributed by atoms with Gasteiger partial charge in [-0.2, -0.15) is 0 Å². The summed E-state index contributed by atoms with van der Waals surface area (Å²) in [6.07, 6.45) is 4.30. The Kier molecular flexibility index (Phi) is 5.86. The Hall–Kier alpha value is -3.18. The predicted octanol–water partition coefficient (Wildman–Crippen LogP) is 3.39. The average molecular weight is 387 g/mol. The molecule has 0 fully saturated rings. The zero-order chi connectivity index (χ0) is 20.1. The third-order valence-corrected chi connectivity index (χ3v) is 5.17. The summed E-state index contributed by atoms with van der Waals surface area (Å²) in [5.41, 5.74) is 5.13. The molecule has 0 spiro atoms. The van der Waals surface area contributed by atoms with Crippen LogP contribution in [0.25, 0.3) is 11.1 Å². The van der Waals surface area contributed by atoms with Gasteiger partial charge in [-0.1, -0.05) is 18.2 Å². The van der Waals surface area contributed by atoms with Gasteiger partial charge in [-0.25, -0.2) is 0 Å². The van der Waals surface area contributed by atoms with Crippen molar-refractivity contribution in [3.05, 3.63) is 83.7 Å². The third-order valence-electron chi connectivity index (χ3n) is 5.17. The summed E-state index contributed by atoms with van der Waals surface area (Å²) >= 11 is 0. The number of aromatic nitrogens is 1. The number of carbonyl (C=O) groups is 1. The highest BCUT2D eigenvalue weighted by Crippen LogP contribution is 2.29. The molecule has 2 aromatic carbocycles. The van der Waals surface area contributed by atoms with E-state index in [1.165, 1.54) is 0 Å². The second kappa shape index (κ2) is 8.88. The lowest BCUT2D eigenvalue weighted by Gasteiger charge is -2.19. The standard InChI is InChI=1S/C24H25N3O2/c1-27-12-11-26-24(28)21-4-2-3-18(15-21)16-22-17-20(19-7-9-25-10-8-19)5-6-23(22)29-14-13-27/h2-10,15,17H,11-14,16H2,1H3,(H,26,28). The first kappa shape index (κ1) is 19.2. The van der Waals surface area contributed by atoms with E-state index in [9.17, 15) is 4.79 Å². The number of hydrogen-bond acceptors (Lipinski definition) is 4. The largest absolute Gasteiger partial charge is 0.492 e. The van der Waals surface area contributed by atoms with Crippen molar-refractivity contribution in [1.82, 2.24) is 15.2 Å². The fraction of sp³-hybridized carbons (Fsp3) is 0.250. The van der Waals surface area contributed by atoms with E-state index in [1.54, 1.807) is 12.4 Å². The van der Waals surface area contributed by atoms with Crippen molar-refractivity contribution in [3.63, 3.8) is 0 Å². The molecule has 1 aromatic heterocycles. The molecule has 148 valence electrons. The molecule has 0 saturated carbocycles. The maximum Gasteiger partial charge on any atom is 0.251 e. The van der Waals surface area contributed by atoms with E-state index in [1.807, 2.05) is 43.4 Å². The molecule has 3 aromatic rings. The molecule has 29 heavy (non-hydrogen) atoms. The van der Waals surface area contributed by atoms with Gasteiger partial charge in [0.1, 0.15) is 12.4 Å². The molecule has 2 heterocycles. The number of fused-ring (bicyclic) bond motifs is 3. The predicted molar refractivity (Wildman–Crippen MR) is 114 cm³/mol. The maximum atomic E-state index is 12.5. The molecule has 0 aliphatic carbocycles. The minimum absolute atomic E-state index is 0.0284. The summed E-state index contributed by atoms with van der Waals surface area (Å²) in [5, 5.41) is 3.00. The quantitative estimate of drug-likeness (QED) is 0.695. The van der Waals surface area contributed by atoms with E-state index in [4.69, 9.17) is 4.74 Å². The molecule has 5 heteroatoms.